The Balaban J connectivity index is 1.66. The molecule has 122 valence electrons. The fraction of sp³-hybridized carbons (Fsp3) is 0.647. The standard InChI is InChI=1S/C17H25NO4/c1-17(2)21-12-14-16(22-17)15(10-18(14)8-9-19)20-11-13-6-4-3-5-7-13/h3-7,14-16,19H,8-12H2,1-2H3/t14-,15+,16+/m0/s1. The van der Waals surface area contributed by atoms with Gasteiger partial charge in [0, 0.05) is 13.1 Å². The molecule has 0 amide bonds. The van der Waals surface area contributed by atoms with Crippen molar-refractivity contribution in [3.05, 3.63) is 35.9 Å². The van der Waals surface area contributed by atoms with Gasteiger partial charge in [-0.05, 0) is 19.4 Å². The molecule has 1 aromatic rings. The summed E-state index contributed by atoms with van der Waals surface area (Å²) in [5.74, 6) is -0.579. The molecule has 1 aromatic carbocycles. The Hall–Kier alpha value is -0.980. The van der Waals surface area contributed by atoms with E-state index < -0.39 is 5.79 Å². The van der Waals surface area contributed by atoms with Crippen LogP contribution in [0.15, 0.2) is 30.3 Å². The zero-order valence-electron chi connectivity index (χ0n) is 13.3. The predicted molar refractivity (Wildman–Crippen MR) is 82.4 cm³/mol. The summed E-state index contributed by atoms with van der Waals surface area (Å²) in [5, 5.41) is 9.25. The second-order valence-electron chi connectivity index (χ2n) is 6.41. The molecule has 22 heavy (non-hydrogen) atoms. The minimum Gasteiger partial charge on any atom is -0.395 e. The van der Waals surface area contributed by atoms with Gasteiger partial charge in [-0.15, -0.1) is 0 Å². The van der Waals surface area contributed by atoms with Gasteiger partial charge < -0.3 is 19.3 Å². The van der Waals surface area contributed by atoms with Crippen molar-refractivity contribution < 1.29 is 19.3 Å². The summed E-state index contributed by atoms with van der Waals surface area (Å²) in [6.07, 6.45) is -0.0149. The van der Waals surface area contributed by atoms with Gasteiger partial charge in [0.15, 0.2) is 5.79 Å². The van der Waals surface area contributed by atoms with Crippen LogP contribution >= 0.6 is 0 Å². The Labute approximate surface area is 131 Å². The topological polar surface area (TPSA) is 51.2 Å². The highest BCUT2D eigenvalue weighted by Gasteiger charge is 2.49. The van der Waals surface area contributed by atoms with E-state index in [2.05, 4.69) is 17.0 Å². The van der Waals surface area contributed by atoms with E-state index in [0.29, 0.717) is 19.8 Å². The van der Waals surface area contributed by atoms with Crippen LogP contribution in [0.25, 0.3) is 0 Å². The van der Waals surface area contributed by atoms with Gasteiger partial charge in [0.1, 0.15) is 6.10 Å². The van der Waals surface area contributed by atoms with Crippen molar-refractivity contribution in [2.24, 2.45) is 0 Å². The van der Waals surface area contributed by atoms with Gasteiger partial charge >= 0.3 is 0 Å². The molecule has 2 saturated heterocycles. The first-order valence-electron chi connectivity index (χ1n) is 7.91. The average Bonchev–Trinajstić information content (AvgIpc) is 2.82. The van der Waals surface area contributed by atoms with Crippen molar-refractivity contribution in [3.8, 4) is 0 Å². The van der Waals surface area contributed by atoms with Crippen LogP contribution in [0.1, 0.15) is 19.4 Å². The maximum Gasteiger partial charge on any atom is 0.163 e. The number of hydrogen-bond donors (Lipinski definition) is 1. The average molecular weight is 307 g/mol. The molecule has 0 spiro atoms. The van der Waals surface area contributed by atoms with Crippen LogP contribution in [-0.2, 0) is 20.8 Å². The van der Waals surface area contributed by atoms with Crippen molar-refractivity contribution >= 4 is 0 Å². The molecular weight excluding hydrogens is 282 g/mol. The summed E-state index contributed by atoms with van der Waals surface area (Å²) >= 11 is 0. The monoisotopic (exact) mass is 307 g/mol. The second kappa shape index (κ2) is 6.64. The van der Waals surface area contributed by atoms with Crippen LogP contribution in [0.3, 0.4) is 0 Å². The highest BCUT2D eigenvalue weighted by Crippen LogP contribution is 2.33. The molecule has 0 radical (unpaired) electrons. The van der Waals surface area contributed by atoms with Gasteiger partial charge in [-0.25, -0.2) is 0 Å². The molecule has 0 aromatic heterocycles. The number of benzene rings is 1. The van der Waals surface area contributed by atoms with E-state index in [-0.39, 0.29) is 24.9 Å². The molecule has 1 N–H and O–H groups in total. The van der Waals surface area contributed by atoms with E-state index in [0.717, 1.165) is 12.1 Å². The Morgan fingerprint density at radius 2 is 2.09 bits per heavy atom. The lowest BCUT2D eigenvalue weighted by Gasteiger charge is -2.41. The number of rotatable bonds is 5. The van der Waals surface area contributed by atoms with Crippen LogP contribution in [0.5, 0.6) is 0 Å². The highest BCUT2D eigenvalue weighted by atomic mass is 16.7. The molecule has 3 rings (SSSR count). The Kier molecular flexibility index (Phi) is 4.80. The number of nitrogens with zero attached hydrogens (tertiary/aromatic N) is 1. The van der Waals surface area contributed by atoms with Gasteiger partial charge in [-0.2, -0.15) is 0 Å². The molecule has 0 bridgehead atoms. The van der Waals surface area contributed by atoms with Gasteiger partial charge in [-0.1, -0.05) is 30.3 Å². The van der Waals surface area contributed by atoms with E-state index in [4.69, 9.17) is 14.2 Å². The van der Waals surface area contributed by atoms with Crippen LogP contribution in [0.2, 0.25) is 0 Å². The molecule has 2 heterocycles. The number of ether oxygens (including phenoxy) is 3. The third kappa shape index (κ3) is 3.50. The van der Waals surface area contributed by atoms with E-state index in [9.17, 15) is 5.11 Å². The number of hydrogen-bond acceptors (Lipinski definition) is 5. The zero-order valence-corrected chi connectivity index (χ0v) is 13.3. The fourth-order valence-electron chi connectivity index (χ4n) is 3.24. The first-order valence-corrected chi connectivity index (χ1v) is 7.91. The Morgan fingerprint density at radius 1 is 1.32 bits per heavy atom. The smallest absolute Gasteiger partial charge is 0.163 e. The fourth-order valence-corrected chi connectivity index (χ4v) is 3.24. The van der Waals surface area contributed by atoms with E-state index in [1.807, 2.05) is 32.0 Å². The minimum atomic E-state index is -0.579. The maximum atomic E-state index is 9.25. The maximum absolute atomic E-state index is 9.25. The molecule has 5 nitrogen and oxygen atoms in total. The summed E-state index contributed by atoms with van der Waals surface area (Å²) in [6, 6.07) is 10.3. The number of aliphatic hydroxyl groups excluding tert-OH is 1. The number of β-amino-alcohol motifs (C(OH)–C–C–N with tert-alkyl or cyclic N) is 1. The molecule has 0 unspecified atom stereocenters. The quantitative estimate of drug-likeness (QED) is 0.891. The van der Waals surface area contributed by atoms with Crippen LogP contribution in [-0.4, -0.2) is 60.3 Å². The third-order valence-corrected chi connectivity index (χ3v) is 4.34. The first-order chi connectivity index (χ1) is 10.6. The molecule has 2 fully saturated rings. The lowest BCUT2D eigenvalue weighted by Crippen LogP contribution is -2.53. The van der Waals surface area contributed by atoms with Gasteiger partial charge in [0.05, 0.1) is 32.0 Å². The normalized spacial score (nSPS) is 31.1. The molecule has 0 saturated carbocycles. The second-order valence-corrected chi connectivity index (χ2v) is 6.41. The van der Waals surface area contributed by atoms with Crippen molar-refractivity contribution in [1.82, 2.24) is 4.90 Å². The lowest BCUT2D eigenvalue weighted by molar-refractivity contribution is -0.294. The third-order valence-electron chi connectivity index (χ3n) is 4.34. The van der Waals surface area contributed by atoms with Crippen molar-refractivity contribution in [2.75, 3.05) is 26.3 Å². The molecule has 2 aliphatic heterocycles. The van der Waals surface area contributed by atoms with E-state index in [1.54, 1.807) is 0 Å². The van der Waals surface area contributed by atoms with Crippen LogP contribution in [0.4, 0.5) is 0 Å². The van der Waals surface area contributed by atoms with Crippen LogP contribution < -0.4 is 0 Å². The lowest BCUT2D eigenvalue weighted by atomic mass is 10.1. The Bertz CT molecular complexity index is 479. The van der Waals surface area contributed by atoms with Gasteiger partial charge in [-0.3, -0.25) is 4.90 Å². The predicted octanol–water partition coefficient (Wildman–Crippen LogP) is 1.40. The summed E-state index contributed by atoms with van der Waals surface area (Å²) in [6.45, 7) is 6.59. The van der Waals surface area contributed by atoms with E-state index >= 15 is 0 Å². The van der Waals surface area contributed by atoms with Crippen molar-refractivity contribution in [1.29, 1.82) is 0 Å². The molecular formula is C17H25NO4. The SMILES string of the molecule is CC1(C)OC[C@H]2[C@@H](O1)[C@H](OCc1ccccc1)CN2CCO. The van der Waals surface area contributed by atoms with Gasteiger partial charge in [0.25, 0.3) is 0 Å². The number of likely N-dealkylation sites (tertiary alicyclic amines) is 1. The van der Waals surface area contributed by atoms with Crippen molar-refractivity contribution in [3.63, 3.8) is 0 Å². The van der Waals surface area contributed by atoms with Gasteiger partial charge in [0.2, 0.25) is 0 Å². The zero-order chi connectivity index (χ0) is 15.6. The molecule has 5 heteroatoms. The number of aliphatic hydroxyl groups is 1. The summed E-state index contributed by atoms with van der Waals surface area (Å²) < 4.78 is 18.0. The molecule has 0 aliphatic carbocycles. The highest BCUT2D eigenvalue weighted by molar-refractivity contribution is 5.13. The minimum absolute atomic E-state index is 0.0000638. The largest absolute Gasteiger partial charge is 0.395 e. The molecule has 3 atom stereocenters. The summed E-state index contributed by atoms with van der Waals surface area (Å²) in [5.41, 5.74) is 1.16. The first kappa shape index (κ1) is 15.9. The van der Waals surface area contributed by atoms with Crippen LogP contribution in [0, 0.1) is 0 Å². The molecule has 2 aliphatic rings. The Morgan fingerprint density at radius 3 is 2.82 bits per heavy atom. The van der Waals surface area contributed by atoms with Crippen molar-refractivity contribution in [2.45, 2.75) is 44.5 Å². The summed E-state index contributed by atoms with van der Waals surface area (Å²) in [4.78, 5) is 2.20. The number of fused-ring (bicyclic) bond motifs is 1. The van der Waals surface area contributed by atoms with E-state index in [1.165, 1.54) is 0 Å². The summed E-state index contributed by atoms with van der Waals surface area (Å²) in [7, 11) is 0.